The predicted octanol–water partition coefficient (Wildman–Crippen LogP) is 11.7. The van der Waals surface area contributed by atoms with Crippen LogP contribution in [0.1, 0.15) is 56.2 Å². The number of aryl methyl sites for hydroxylation is 2. The van der Waals surface area contributed by atoms with Crippen molar-refractivity contribution in [2.24, 2.45) is 7.05 Å². The van der Waals surface area contributed by atoms with Gasteiger partial charge in [0.05, 0.1) is 19.2 Å². The third-order valence-electron chi connectivity index (χ3n) is 9.52. The fourth-order valence-electron chi connectivity index (χ4n) is 7.01. The highest BCUT2D eigenvalue weighted by Crippen LogP contribution is 2.41. The number of hydrogen-bond donors (Lipinski definition) is 0. The first kappa shape index (κ1) is 30.2. The Labute approximate surface area is 278 Å². The first-order valence-electron chi connectivity index (χ1n) is 16.5. The summed E-state index contributed by atoms with van der Waals surface area (Å²) in [6, 6.07) is 43.7. The average molecular weight is 611 g/mol. The van der Waals surface area contributed by atoms with Gasteiger partial charge in [-0.2, -0.15) is 4.57 Å². The van der Waals surface area contributed by atoms with Crippen molar-refractivity contribution < 1.29 is 4.57 Å². The van der Waals surface area contributed by atoms with Crippen LogP contribution in [-0.4, -0.2) is 4.57 Å². The normalized spacial score (nSPS) is 11.6. The van der Waals surface area contributed by atoms with Crippen molar-refractivity contribution in [3.63, 3.8) is 0 Å². The molecule has 3 heteroatoms. The number of fused-ring (bicyclic) bond motifs is 2. The first-order chi connectivity index (χ1) is 22.7. The minimum absolute atomic E-state index is 0.280. The molecule has 0 aliphatic carbocycles. The summed E-state index contributed by atoms with van der Waals surface area (Å²) in [5.74, 6) is 1.68. The van der Waals surface area contributed by atoms with E-state index in [1.165, 1.54) is 61.0 Å². The van der Waals surface area contributed by atoms with Crippen LogP contribution in [-0.2, 0) is 7.05 Å². The van der Waals surface area contributed by atoms with Crippen LogP contribution in [0.4, 0.5) is 5.69 Å². The summed E-state index contributed by atoms with van der Waals surface area (Å²) in [6.45, 7) is 19.2. The highest BCUT2D eigenvalue weighted by molar-refractivity contribution is 5.90. The molecule has 0 saturated carbocycles. The number of rotatable bonds is 6. The fourth-order valence-corrected chi connectivity index (χ4v) is 7.01. The van der Waals surface area contributed by atoms with Crippen molar-refractivity contribution in [1.82, 2.24) is 4.57 Å². The highest BCUT2D eigenvalue weighted by atomic mass is 15.2. The van der Waals surface area contributed by atoms with Gasteiger partial charge in [-0.15, -0.1) is 0 Å². The third kappa shape index (κ3) is 5.30. The van der Waals surface area contributed by atoms with Crippen LogP contribution in [0, 0.1) is 13.5 Å². The van der Waals surface area contributed by atoms with Gasteiger partial charge >= 0.3 is 0 Å². The van der Waals surface area contributed by atoms with E-state index in [4.69, 9.17) is 6.57 Å². The summed E-state index contributed by atoms with van der Waals surface area (Å²) in [6.07, 6.45) is 0. The molecule has 0 radical (unpaired) electrons. The van der Waals surface area contributed by atoms with Crippen LogP contribution in [0.5, 0.6) is 0 Å². The third-order valence-corrected chi connectivity index (χ3v) is 9.52. The maximum Gasteiger partial charge on any atom is 0.295 e. The maximum absolute atomic E-state index is 7.76. The van der Waals surface area contributed by atoms with E-state index < -0.39 is 0 Å². The molecule has 0 fully saturated rings. The Morgan fingerprint density at radius 3 is 1.77 bits per heavy atom. The first-order valence-corrected chi connectivity index (χ1v) is 16.5. The van der Waals surface area contributed by atoms with Gasteiger partial charge in [-0.3, -0.25) is 0 Å². The van der Waals surface area contributed by atoms with Crippen LogP contribution in [0.3, 0.4) is 0 Å². The molecule has 0 aliphatic heterocycles. The Morgan fingerprint density at radius 1 is 0.617 bits per heavy atom. The Hall–Kier alpha value is -5.46. The van der Waals surface area contributed by atoms with Gasteiger partial charge in [0.15, 0.2) is 16.7 Å². The topological polar surface area (TPSA) is 13.2 Å². The molecule has 0 spiro atoms. The number of nitrogens with zero attached hydrogens (tertiary/aromatic N) is 3. The quantitative estimate of drug-likeness (QED) is 0.131. The van der Waals surface area contributed by atoms with Crippen molar-refractivity contribution >= 4 is 27.5 Å². The van der Waals surface area contributed by atoms with E-state index in [9.17, 15) is 0 Å². The van der Waals surface area contributed by atoms with Gasteiger partial charge in [-0.05, 0) is 87.7 Å². The van der Waals surface area contributed by atoms with E-state index in [0.717, 1.165) is 16.9 Å². The van der Waals surface area contributed by atoms with Crippen LogP contribution in [0.25, 0.3) is 66.0 Å². The molecule has 0 bridgehead atoms. The molecule has 0 N–H and O–H groups in total. The number of aromatic nitrogens is 2. The summed E-state index contributed by atoms with van der Waals surface area (Å²) in [5.41, 5.74) is 14.0. The molecule has 230 valence electrons. The highest BCUT2D eigenvalue weighted by Gasteiger charge is 2.32. The summed E-state index contributed by atoms with van der Waals surface area (Å²) in [5, 5.41) is 2.46. The molecule has 0 atom stereocenters. The monoisotopic (exact) mass is 610 g/mol. The van der Waals surface area contributed by atoms with Gasteiger partial charge in [-0.25, -0.2) is 9.41 Å². The summed E-state index contributed by atoms with van der Waals surface area (Å²) in [7, 11) is 2.14. The van der Waals surface area contributed by atoms with Gasteiger partial charge in [0, 0.05) is 11.1 Å². The van der Waals surface area contributed by atoms with Crippen LogP contribution in [0.2, 0.25) is 0 Å². The molecule has 0 aliphatic rings. The number of imidazole rings is 1. The molecule has 0 saturated heterocycles. The summed E-state index contributed by atoms with van der Waals surface area (Å²) in [4.78, 5) is 3.79. The van der Waals surface area contributed by atoms with Gasteiger partial charge in [0.2, 0.25) is 0 Å². The van der Waals surface area contributed by atoms with E-state index in [1.54, 1.807) is 0 Å². The zero-order chi connectivity index (χ0) is 32.8. The van der Waals surface area contributed by atoms with Crippen molar-refractivity contribution in [3.05, 3.63) is 149 Å². The van der Waals surface area contributed by atoms with Crippen molar-refractivity contribution in [2.75, 3.05) is 0 Å². The van der Waals surface area contributed by atoms with E-state index in [1.807, 2.05) is 12.1 Å². The zero-order valence-corrected chi connectivity index (χ0v) is 28.0. The van der Waals surface area contributed by atoms with Crippen molar-refractivity contribution in [1.29, 1.82) is 0 Å². The number of hydrogen-bond acceptors (Lipinski definition) is 0. The maximum atomic E-state index is 7.76. The van der Waals surface area contributed by atoms with Crippen molar-refractivity contribution in [3.8, 4) is 39.3 Å². The molecule has 0 amide bonds. The lowest BCUT2D eigenvalue weighted by Gasteiger charge is -2.21. The van der Waals surface area contributed by atoms with Crippen LogP contribution < -0.4 is 4.57 Å². The van der Waals surface area contributed by atoms with E-state index >= 15 is 0 Å². The van der Waals surface area contributed by atoms with E-state index in [0.29, 0.717) is 5.69 Å². The Balaban J connectivity index is 1.52. The van der Waals surface area contributed by atoms with Crippen LogP contribution in [0.15, 0.2) is 121 Å². The second-order valence-corrected chi connectivity index (χ2v) is 13.3. The minimum Gasteiger partial charge on any atom is -0.238 e. The summed E-state index contributed by atoms with van der Waals surface area (Å²) >= 11 is 0. The summed E-state index contributed by atoms with van der Waals surface area (Å²) < 4.78 is 4.76. The lowest BCUT2D eigenvalue weighted by atomic mass is 9.87. The molecule has 3 nitrogen and oxygen atoms in total. The fraction of sp³-hybridized carbons (Fsp3) is 0.182. The van der Waals surface area contributed by atoms with Gasteiger partial charge < -0.3 is 0 Å². The lowest BCUT2D eigenvalue weighted by Crippen LogP contribution is -2.30. The lowest BCUT2D eigenvalue weighted by molar-refractivity contribution is -0.633. The molecule has 47 heavy (non-hydrogen) atoms. The van der Waals surface area contributed by atoms with Gasteiger partial charge in [-0.1, -0.05) is 119 Å². The van der Waals surface area contributed by atoms with Gasteiger partial charge in [0.25, 0.3) is 5.82 Å². The number of benzene rings is 6. The van der Waals surface area contributed by atoms with E-state index in [2.05, 4.69) is 165 Å². The standard InChI is InChI=1S/C44H40N3/c1-28(2)38-25-36(33-19-17-32(18-20-33)31-13-9-8-10-14-31)26-39(29(3)4)43(38)47-41-22-21-37(45-6)27-42(41)46(7)44(47)40-24-35-16-12-11-15-34(35)23-30(40)5/h8-29H,1-5,7H3/q+1. The second kappa shape index (κ2) is 12.0. The second-order valence-electron chi connectivity index (χ2n) is 13.3. The Bertz CT molecular complexity index is 2290. The predicted molar refractivity (Wildman–Crippen MR) is 197 cm³/mol. The molecule has 1 aromatic heterocycles. The zero-order valence-electron chi connectivity index (χ0n) is 28.0. The molecular formula is C44H40N3+. The minimum atomic E-state index is 0.280. The molecule has 7 aromatic rings. The molecule has 0 unspecified atom stereocenters. The average Bonchev–Trinajstić information content (AvgIpc) is 3.38. The Morgan fingerprint density at radius 2 is 1.17 bits per heavy atom. The molecule has 7 rings (SSSR count). The smallest absolute Gasteiger partial charge is 0.238 e. The Kier molecular flexibility index (Phi) is 7.74. The van der Waals surface area contributed by atoms with E-state index in [-0.39, 0.29) is 11.8 Å². The molecular weight excluding hydrogens is 571 g/mol. The largest absolute Gasteiger partial charge is 0.295 e. The SMILES string of the molecule is [C-]#[N+]c1ccc2c(c1)[n+](C)c(-c1cc3ccccc3cc1C)n2-c1c(C(C)C)cc(-c2ccc(-c3ccccc3)cc2)cc1C(C)C. The molecule has 6 aromatic carbocycles. The van der Waals surface area contributed by atoms with Crippen LogP contribution >= 0.6 is 0 Å². The van der Waals surface area contributed by atoms with Gasteiger partial charge in [0.1, 0.15) is 5.69 Å². The van der Waals surface area contributed by atoms with Crippen molar-refractivity contribution in [2.45, 2.75) is 46.5 Å². The molecule has 1 heterocycles.